The molecule has 0 aliphatic carbocycles. The fourth-order valence-electron chi connectivity index (χ4n) is 4.05. The lowest BCUT2D eigenvalue weighted by atomic mass is 10.0. The third-order valence-electron chi connectivity index (χ3n) is 6.01. The van der Waals surface area contributed by atoms with Crippen LogP contribution in [0, 0.1) is 18.7 Å². The highest BCUT2D eigenvalue weighted by atomic mass is 19.1. The molecule has 0 saturated carbocycles. The molecule has 1 aromatic heterocycles. The van der Waals surface area contributed by atoms with Crippen LogP contribution in [0.3, 0.4) is 0 Å². The second kappa shape index (κ2) is 11.1. The first-order valence-corrected chi connectivity index (χ1v) is 12.0. The summed E-state index contributed by atoms with van der Waals surface area (Å²) in [7, 11) is 0. The van der Waals surface area contributed by atoms with Crippen molar-refractivity contribution in [1.82, 2.24) is 20.3 Å². The smallest absolute Gasteiger partial charge is 0.249 e. The fraction of sp³-hybridized carbons (Fsp3) is 0.286. The van der Waals surface area contributed by atoms with Crippen LogP contribution >= 0.6 is 0 Å². The van der Waals surface area contributed by atoms with Crippen LogP contribution in [0.15, 0.2) is 72.8 Å². The lowest BCUT2D eigenvalue weighted by molar-refractivity contribution is -0.127. The first-order valence-electron chi connectivity index (χ1n) is 12.0. The number of carbonyl (C=O) groups excluding carboxylic acids is 2. The minimum Gasteiger partial charge on any atom is -0.354 e. The Kier molecular flexibility index (Phi) is 7.73. The zero-order chi connectivity index (χ0) is 25.7. The van der Waals surface area contributed by atoms with Gasteiger partial charge in [0.05, 0.1) is 11.2 Å². The van der Waals surface area contributed by atoms with E-state index in [1.165, 1.54) is 21.7 Å². The van der Waals surface area contributed by atoms with E-state index in [2.05, 4.69) is 29.5 Å². The summed E-state index contributed by atoms with van der Waals surface area (Å²) in [6.07, 6.45) is 0.783. The number of anilines is 1. The van der Waals surface area contributed by atoms with Crippen LogP contribution in [0.1, 0.15) is 37.4 Å². The molecule has 0 unspecified atom stereocenters. The molecule has 0 aliphatic heterocycles. The van der Waals surface area contributed by atoms with Crippen molar-refractivity contribution in [2.45, 2.75) is 39.8 Å². The number of aryl methyl sites for hydroxylation is 1. The van der Waals surface area contributed by atoms with Gasteiger partial charge in [0.2, 0.25) is 11.8 Å². The van der Waals surface area contributed by atoms with Crippen molar-refractivity contribution in [3.63, 3.8) is 0 Å². The Hall–Kier alpha value is -4.07. The predicted molar refractivity (Wildman–Crippen MR) is 138 cm³/mol. The lowest BCUT2D eigenvalue weighted by Gasteiger charge is -2.32. The minimum atomic E-state index is -1.07. The number of para-hydroxylation sites is 2. The molecule has 0 radical (unpaired) electrons. The maximum absolute atomic E-state index is 15.1. The van der Waals surface area contributed by atoms with Gasteiger partial charge >= 0.3 is 0 Å². The SMILES string of the molecule is Cc1ccc([C@H](C(=O)NCCC(C)C)N(C(=O)Cn2nnc3ccccc32)c2ccccc2F)cc1. The highest BCUT2D eigenvalue weighted by molar-refractivity contribution is 6.01. The maximum atomic E-state index is 15.1. The minimum absolute atomic E-state index is 0.0245. The van der Waals surface area contributed by atoms with Crippen LogP contribution in [0.25, 0.3) is 11.0 Å². The van der Waals surface area contributed by atoms with Crippen molar-refractivity contribution in [3.05, 3.63) is 89.7 Å². The van der Waals surface area contributed by atoms with Gasteiger partial charge in [-0.1, -0.05) is 73.2 Å². The number of carbonyl (C=O) groups is 2. The molecule has 1 N–H and O–H groups in total. The number of rotatable bonds is 9. The van der Waals surface area contributed by atoms with E-state index >= 15 is 4.39 Å². The Morgan fingerprint density at radius 2 is 1.69 bits per heavy atom. The van der Waals surface area contributed by atoms with E-state index in [9.17, 15) is 9.59 Å². The molecule has 2 amide bonds. The van der Waals surface area contributed by atoms with Gasteiger partial charge < -0.3 is 5.32 Å². The van der Waals surface area contributed by atoms with E-state index in [-0.39, 0.29) is 18.1 Å². The molecule has 0 fully saturated rings. The Morgan fingerprint density at radius 3 is 2.42 bits per heavy atom. The quantitative estimate of drug-likeness (QED) is 0.367. The summed E-state index contributed by atoms with van der Waals surface area (Å²) in [6, 6.07) is 19.5. The third kappa shape index (κ3) is 5.59. The Morgan fingerprint density at radius 1 is 1.00 bits per heavy atom. The van der Waals surface area contributed by atoms with Gasteiger partial charge in [0.15, 0.2) is 0 Å². The van der Waals surface area contributed by atoms with E-state index in [1.807, 2.05) is 37.3 Å². The number of benzene rings is 3. The van der Waals surface area contributed by atoms with E-state index in [4.69, 9.17) is 0 Å². The highest BCUT2D eigenvalue weighted by Crippen LogP contribution is 2.31. The molecule has 7 nitrogen and oxygen atoms in total. The van der Waals surface area contributed by atoms with Crippen molar-refractivity contribution in [3.8, 4) is 0 Å². The summed E-state index contributed by atoms with van der Waals surface area (Å²) in [4.78, 5) is 28.7. The Balaban J connectivity index is 1.77. The number of amides is 2. The van der Waals surface area contributed by atoms with E-state index in [0.29, 0.717) is 29.1 Å². The molecule has 4 aromatic rings. The van der Waals surface area contributed by atoms with Gasteiger partial charge in [-0.25, -0.2) is 9.07 Å². The van der Waals surface area contributed by atoms with Crippen molar-refractivity contribution >= 4 is 28.5 Å². The second-order valence-electron chi connectivity index (χ2n) is 9.24. The summed E-state index contributed by atoms with van der Waals surface area (Å²) in [6.45, 7) is 6.32. The average molecular weight is 488 g/mol. The number of fused-ring (bicyclic) bond motifs is 1. The number of hydrogen-bond acceptors (Lipinski definition) is 4. The summed E-state index contributed by atoms with van der Waals surface area (Å²) in [5.41, 5.74) is 2.94. The van der Waals surface area contributed by atoms with Gasteiger partial charge in [-0.3, -0.25) is 14.5 Å². The average Bonchev–Trinajstić information content (AvgIpc) is 3.26. The number of nitrogens with one attached hydrogen (secondary N) is 1. The van der Waals surface area contributed by atoms with Crippen molar-refractivity contribution in [1.29, 1.82) is 0 Å². The molecule has 4 rings (SSSR count). The van der Waals surface area contributed by atoms with Crippen LogP contribution in [0.2, 0.25) is 0 Å². The first-order chi connectivity index (χ1) is 17.3. The van der Waals surface area contributed by atoms with E-state index in [1.54, 1.807) is 30.3 Å². The molecular formula is C28H30FN5O2. The Bertz CT molecular complexity index is 1350. The second-order valence-corrected chi connectivity index (χ2v) is 9.24. The summed E-state index contributed by atoms with van der Waals surface area (Å²) in [5.74, 6) is -1.06. The molecular weight excluding hydrogens is 457 g/mol. The van der Waals surface area contributed by atoms with Crippen LogP contribution in [-0.2, 0) is 16.1 Å². The van der Waals surface area contributed by atoms with Crippen molar-refractivity contribution in [2.24, 2.45) is 5.92 Å². The van der Waals surface area contributed by atoms with E-state index in [0.717, 1.165) is 12.0 Å². The van der Waals surface area contributed by atoms with Crippen LogP contribution in [0.5, 0.6) is 0 Å². The molecule has 0 aliphatic rings. The van der Waals surface area contributed by atoms with Gasteiger partial charge in [-0.2, -0.15) is 0 Å². The number of nitrogens with zero attached hydrogens (tertiary/aromatic N) is 4. The molecule has 3 aromatic carbocycles. The number of aromatic nitrogens is 3. The van der Waals surface area contributed by atoms with Crippen LogP contribution in [-0.4, -0.2) is 33.4 Å². The maximum Gasteiger partial charge on any atom is 0.249 e. The third-order valence-corrected chi connectivity index (χ3v) is 6.01. The number of hydrogen-bond donors (Lipinski definition) is 1. The van der Waals surface area contributed by atoms with Gasteiger partial charge in [0.25, 0.3) is 0 Å². The highest BCUT2D eigenvalue weighted by Gasteiger charge is 2.34. The molecule has 0 saturated heterocycles. The molecule has 1 heterocycles. The molecule has 36 heavy (non-hydrogen) atoms. The molecule has 186 valence electrons. The van der Waals surface area contributed by atoms with Crippen LogP contribution < -0.4 is 10.2 Å². The summed E-state index contributed by atoms with van der Waals surface area (Å²) >= 11 is 0. The topological polar surface area (TPSA) is 80.1 Å². The molecule has 8 heteroatoms. The fourth-order valence-corrected chi connectivity index (χ4v) is 4.05. The summed E-state index contributed by atoms with van der Waals surface area (Å²) < 4.78 is 16.6. The zero-order valence-corrected chi connectivity index (χ0v) is 20.7. The molecule has 1 atom stereocenters. The first kappa shape index (κ1) is 25.0. The van der Waals surface area contributed by atoms with Gasteiger partial charge in [-0.05, 0) is 49.1 Å². The van der Waals surface area contributed by atoms with Gasteiger partial charge in [-0.15, -0.1) is 5.10 Å². The van der Waals surface area contributed by atoms with Gasteiger partial charge in [0, 0.05) is 6.54 Å². The van der Waals surface area contributed by atoms with E-state index < -0.39 is 17.8 Å². The lowest BCUT2D eigenvalue weighted by Crippen LogP contribution is -2.46. The van der Waals surface area contributed by atoms with Crippen molar-refractivity contribution < 1.29 is 14.0 Å². The number of halogens is 1. The van der Waals surface area contributed by atoms with Gasteiger partial charge in [0.1, 0.15) is 23.9 Å². The normalized spacial score (nSPS) is 12.0. The molecule has 0 bridgehead atoms. The largest absolute Gasteiger partial charge is 0.354 e. The zero-order valence-electron chi connectivity index (χ0n) is 20.7. The standard InChI is InChI=1S/C28H30FN5O2/c1-19(2)16-17-30-28(36)27(21-14-12-20(3)13-15-21)34(24-10-6-4-8-22(24)29)26(35)18-33-25-11-7-5-9-23(25)31-32-33/h4-15,19,27H,16-18H2,1-3H3,(H,30,36)/t27-/m1/s1. The monoisotopic (exact) mass is 487 g/mol. The summed E-state index contributed by atoms with van der Waals surface area (Å²) in [5, 5.41) is 11.2. The van der Waals surface area contributed by atoms with Crippen LogP contribution in [0.4, 0.5) is 10.1 Å². The van der Waals surface area contributed by atoms with Crippen molar-refractivity contribution in [2.75, 3.05) is 11.4 Å². The predicted octanol–water partition coefficient (Wildman–Crippen LogP) is 4.82. The molecule has 0 spiro atoms. The Labute approximate surface area is 209 Å².